The Morgan fingerprint density at radius 1 is 0.868 bits per heavy atom. The Balaban J connectivity index is 0.00000722. The molecular weight excluding hydrogens is 583 g/mol. The van der Waals surface area contributed by atoms with Gasteiger partial charge in [-0.2, -0.15) is 0 Å². The zero-order chi connectivity index (χ0) is 27.1. The Labute approximate surface area is 250 Å². The standard InChI is InChI=1S/C33H53N2O2.HI/c1-7-9-10-11-12-13-14-15-16-19-25-37-32-22-21-29(26-31(32)33(4,5)6)35(28(3)36)27-30-20-17-18-24-34(30)23-8-2;/h17-18,20-22,24,26H,7-16,19,23,25,27H2,1-6H3;1H/q+1;/p-1. The van der Waals surface area contributed by atoms with E-state index in [1.165, 1.54) is 57.8 Å². The van der Waals surface area contributed by atoms with Crippen molar-refractivity contribution < 1.29 is 38.1 Å². The quantitative estimate of drug-likeness (QED) is 0.130. The van der Waals surface area contributed by atoms with Gasteiger partial charge in [0.05, 0.1) is 6.61 Å². The van der Waals surface area contributed by atoms with Gasteiger partial charge in [0.1, 0.15) is 18.8 Å². The summed E-state index contributed by atoms with van der Waals surface area (Å²) < 4.78 is 8.53. The molecule has 1 amide bonds. The van der Waals surface area contributed by atoms with E-state index in [0.717, 1.165) is 48.7 Å². The molecule has 2 rings (SSSR count). The van der Waals surface area contributed by atoms with Crippen molar-refractivity contribution in [2.45, 2.75) is 131 Å². The molecule has 0 N–H and O–H groups in total. The zero-order valence-corrected chi connectivity index (χ0v) is 27.2. The third-order valence-corrected chi connectivity index (χ3v) is 7.04. The van der Waals surface area contributed by atoms with Crippen molar-refractivity contribution in [3.8, 4) is 5.75 Å². The van der Waals surface area contributed by atoms with Crippen molar-refractivity contribution in [3.63, 3.8) is 0 Å². The van der Waals surface area contributed by atoms with E-state index in [0.29, 0.717) is 6.54 Å². The largest absolute Gasteiger partial charge is 1.00 e. The molecule has 0 saturated heterocycles. The van der Waals surface area contributed by atoms with Crippen LogP contribution in [-0.4, -0.2) is 12.5 Å². The van der Waals surface area contributed by atoms with Gasteiger partial charge in [-0.25, -0.2) is 4.57 Å². The molecule has 5 heteroatoms. The number of anilines is 1. The number of carbonyl (C=O) groups excluding carboxylic acids is 1. The second kappa shape index (κ2) is 18.6. The lowest BCUT2D eigenvalue weighted by Crippen LogP contribution is -3.00. The second-order valence-electron chi connectivity index (χ2n) is 11.5. The van der Waals surface area contributed by atoms with Crippen molar-refractivity contribution >= 4 is 11.6 Å². The smallest absolute Gasteiger partial charge is 0.224 e. The Morgan fingerprint density at radius 2 is 1.50 bits per heavy atom. The summed E-state index contributed by atoms with van der Waals surface area (Å²) in [5.74, 6) is 0.988. The summed E-state index contributed by atoms with van der Waals surface area (Å²) in [5, 5.41) is 0. The molecule has 1 aromatic heterocycles. The van der Waals surface area contributed by atoms with Crippen LogP contribution in [0.5, 0.6) is 5.75 Å². The summed E-state index contributed by atoms with van der Waals surface area (Å²) in [6, 6.07) is 12.5. The average molecular weight is 637 g/mol. The van der Waals surface area contributed by atoms with E-state index < -0.39 is 0 Å². The molecule has 0 unspecified atom stereocenters. The summed E-state index contributed by atoms with van der Waals surface area (Å²) in [7, 11) is 0. The topological polar surface area (TPSA) is 33.4 Å². The highest BCUT2D eigenvalue weighted by Gasteiger charge is 2.24. The van der Waals surface area contributed by atoms with Gasteiger partial charge in [-0.1, -0.05) is 98.5 Å². The Hall–Kier alpha value is -1.63. The van der Waals surface area contributed by atoms with Crippen LogP contribution in [0.1, 0.15) is 123 Å². The maximum Gasteiger partial charge on any atom is 0.224 e. The summed E-state index contributed by atoms with van der Waals surface area (Å²) in [6.07, 6.45) is 16.4. The number of ether oxygens (including phenoxy) is 1. The molecular formula is C33H53IN2O2. The van der Waals surface area contributed by atoms with Crippen LogP contribution in [0.4, 0.5) is 5.69 Å². The fourth-order valence-electron chi connectivity index (χ4n) is 4.83. The molecule has 0 radical (unpaired) electrons. The van der Waals surface area contributed by atoms with Gasteiger partial charge >= 0.3 is 0 Å². The van der Waals surface area contributed by atoms with Crippen LogP contribution in [-0.2, 0) is 23.3 Å². The molecule has 1 heterocycles. The normalized spacial score (nSPS) is 11.2. The number of amides is 1. The van der Waals surface area contributed by atoms with Crippen LogP contribution >= 0.6 is 0 Å². The number of halogens is 1. The molecule has 4 nitrogen and oxygen atoms in total. The van der Waals surface area contributed by atoms with E-state index in [-0.39, 0.29) is 35.3 Å². The first-order valence-corrected chi connectivity index (χ1v) is 14.8. The number of aromatic nitrogens is 1. The van der Waals surface area contributed by atoms with Gasteiger partial charge < -0.3 is 33.6 Å². The zero-order valence-electron chi connectivity index (χ0n) is 25.0. The lowest BCUT2D eigenvalue weighted by molar-refractivity contribution is -0.704. The Morgan fingerprint density at radius 3 is 2.08 bits per heavy atom. The van der Waals surface area contributed by atoms with Crippen LogP contribution in [0.3, 0.4) is 0 Å². The first-order valence-electron chi connectivity index (χ1n) is 14.8. The van der Waals surface area contributed by atoms with Gasteiger partial charge in [0.25, 0.3) is 0 Å². The number of nitrogens with zero attached hydrogens (tertiary/aromatic N) is 2. The molecule has 38 heavy (non-hydrogen) atoms. The Bertz CT molecular complexity index is 939. The summed E-state index contributed by atoms with van der Waals surface area (Å²) in [6.45, 7) is 15.0. The number of aryl methyl sites for hydroxylation is 1. The van der Waals surface area contributed by atoms with E-state index in [9.17, 15) is 4.79 Å². The van der Waals surface area contributed by atoms with Gasteiger partial charge in [-0.3, -0.25) is 4.79 Å². The minimum Gasteiger partial charge on any atom is -1.00 e. The van der Waals surface area contributed by atoms with Gasteiger partial charge in [-0.05, 0) is 30.0 Å². The third-order valence-electron chi connectivity index (χ3n) is 7.04. The first kappa shape index (κ1) is 34.4. The number of carbonyl (C=O) groups is 1. The number of pyridine rings is 1. The minimum absolute atomic E-state index is 0. The number of hydrogen-bond donors (Lipinski definition) is 0. The first-order chi connectivity index (χ1) is 17.8. The number of unbranched alkanes of at least 4 members (excludes halogenated alkanes) is 9. The molecule has 0 spiro atoms. The predicted octanol–water partition coefficient (Wildman–Crippen LogP) is 5.54. The highest BCUT2D eigenvalue weighted by atomic mass is 127. The van der Waals surface area contributed by atoms with Crippen molar-refractivity contribution in [3.05, 3.63) is 53.9 Å². The highest BCUT2D eigenvalue weighted by Crippen LogP contribution is 2.35. The SMILES string of the molecule is CCCCCCCCCCCCOc1ccc(N(Cc2cccc[n+]2CCC)C(C)=O)cc1C(C)(C)C.[I-]. The molecule has 0 fully saturated rings. The van der Waals surface area contributed by atoms with Crippen molar-refractivity contribution in [1.82, 2.24) is 0 Å². The molecule has 0 atom stereocenters. The van der Waals surface area contributed by atoms with E-state index >= 15 is 0 Å². The Kier molecular flexibility index (Phi) is 16.9. The monoisotopic (exact) mass is 636 g/mol. The van der Waals surface area contributed by atoms with E-state index in [1.54, 1.807) is 6.92 Å². The molecule has 0 saturated carbocycles. The van der Waals surface area contributed by atoms with Crippen LogP contribution in [0.15, 0.2) is 42.6 Å². The molecule has 0 aliphatic heterocycles. The second-order valence-corrected chi connectivity index (χ2v) is 11.5. The molecule has 214 valence electrons. The lowest BCUT2D eigenvalue weighted by atomic mass is 9.86. The van der Waals surface area contributed by atoms with Crippen LogP contribution in [0.25, 0.3) is 0 Å². The van der Waals surface area contributed by atoms with Gasteiger partial charge in [0.2, 0.25) is 11.6 Å². The van der Waals surface area contributed by atoms with Crippen LogP contribution < -0.4 is 38.2 Å². The third kappa shape index (κ3) is 12.0. The van der Waals surface area contributed by atoms with E-state index in [2.05, 4.69) is 69.6 Å². The molecule has 0 aliphatic carbocycles. The summed E-state index contributed by atoms with van der Waals surface area (Å²) in [4.78, 5) is 14.6. The molecule has 0 aliphatic rings. The van der Waals surface area contributed by atoms with Crippen molar-refractivity contribution in [2.75, 3.05) is 11.5 Å². The van der Waals surface area contributed by atoms with Gasteiger partial charge in [-0.15, -0.1) is 0 Å². The van der Waals surface area contributed by atoms with E-state index in [1.807, 2.05) is 17.0 Å². The summed E-state index contributed by atoms with van der Waals surface area (Å²) >= 11 is 0. The lowest BCUT2D eigenvalue weighted by Gasteiger charge is -2.27. The van der Waals surface area contributed by atoms with Crippen molar-refractivity contribution in [1.29, 1.82) is 0 Å². The minimum atomic E-state index is -0.0829. The molecule has 0 bridgehead atoms. The highest BCUT2D eigenvalue weighted by molar-refractivity contribution is 5.91. The molecule has 2 aromatic rings. The van der Waals surface area contributed by atoms with Gasteiger partial charge in [0, 0.05) is 36.7 Å². The number of hydrogen-bond acceptors (Lipinski definition) is 2. The van der Waals surface area contributed by atoms with Gasteiger partial charge in [0.15, 0.2) is 6.20 Å². The predicted molar refractivity (Wildman–Crippen MR) is 156 cm³/mol. The van der Waals surface area contributed by atoms with E-state index in [4.69, 9.17) is 4.74 Å². The maximum atomic E-state index is 12.7. The van der Waals surface area contributed by atoms with Crippen LogP contribution in [0.2, 0.25) is 0 Å². The molecule has 1 aromatic carbocycles. The fraction of sp³-hybridized carbons (Fsp3) is 0.636. The fourth-order valence-corrected chi connectivity index (χ4v) is 4.83. The average Bonchev–Trinajstić information content (AvgIpc) is 2.86. The number of benzene rings is 1. The maximum absolute atomic E-state index is 12.7. The number of rotatable bonds is 17. The van der Waals surface area contributed by atoms with Crippen molar-refractivity contribution in [2.24, 2.45) is 0 Å². The van der Waals surface area contributed by atoms with Crippen LogP contribution in [0, 0.1) is 0 Å². The summed E-state index contributed by atoms with van der Waals surface area (Å²) in [5.41, 5.74) is 3.13.